The van der Waals surface area contributed by atoms with E-state index in [1.165, 1.54) is 21.6 Å². The van der Waals surface area contributed by atoms with E-state index in [4.69, 9.17) is 4.42 Å². The Labute approximate surface area is 123 Å². The summed E-state index contributed by atoms with van der Waals surface area (Å²) in [4.78, 5) is 13.0. The number of nitrogens with one attached hydrogen (secondary N) is 1. The molecule has 1 aromatic carbocycles. The first-order valence-corrected chi connectivity index (χ1v) is 7.54. The predicted molar refractivity (Wildman–Crippen MR) is 81.9 cm³/mol. The van der Waals surface area contributed by atoms with Gasteiger partial charge in [-0.1, -0.05) is 17.7 Å². The Morgan fingerprint density at radius 3 is 2.55 bits per heavy atom. The van der Waals surface area contributed by atoms with E-state index in [1.807, 2.05) is 12.1 Å². The van der Waals surface area contributed by atoms with E-state index in [1.54, 1.807) is 18.0 Å². The van der Waals surface area contributed by atoms with Crippen LogP contribution in [0.25, 0.3) is 0 Å². The highest BCUT2D eigenvalue weighted by Crippen LogP contribution is 2.27. The summed E-state index contributed by atoms with van der Waals surface area (Å²) in [6.45, 7) is 6.70. The monoisotopic (exact) mass is 289 g/mol. The third-order valence-electron chi connectivity index (χ3n) is 2.99. The van der Waals surface area contributed by atoms with Crippen molar-refractivity contribution in [1.82, 2.24) is 5.32 Å². The van der Waals surface area contributed by atoms with Crippen LogP contribution in [0, 0.1) is 20.8 Å². The molecular formula is C16H19NO2S. The van der Waals surface area contributed by atoms with Gasteiger partial charge in [0.05, 0.1) is 18.6 Å². The highest BCUT2D eigenvalue weighted by molar-refractivity contribution is 8.00. The van der Waals surface area contributed by atoms with Gasteiger partial charge in [-0.3, -0.25) is 4.79 Å². The molecule has 4 heteroatoms. The molecule has 0 aliphatic carbocycles. The molecule has 0 saturated carbocycles. The van der Waals surface area contributed by atoms with Crippen LogP contribution < -0.4 is 5.32 Å². The summed E-state index contributed by atoms with van der Waals surface area (Å²) < 4.78 is 5.18. The first-order chi connectivity index (χ1) is 9.56. The lowest BCUT2D eigenvalue weighted by Gasteiger charge is -2.10. The van der Waals surface area contributed by atoms with Gasteiger partial charge >= 0.3 is 0 Å². The van der Waals surface area contributed by atoms with Gasteiger partial charge in [0, 0.05) is 4.90 Å². The third-order valence-corrected chi connectivity index (χ3v) is 4.33. The molecule has 0 spiro atoms. The second-order valence-electron chi connectivity index (χ2n) is 4.87. The van der Waals surface area contributed by atoms with Crippen molar-refractivity contribution in [2.75, 3.05) is 5.75 Å². The molecule has 106 valence electrons. The van der Waals surface area contributed by atoms with Gasteiger partial charge in [0.15, 0.2) is 0 Å². The molecule has 0 aliphatic rings. The number of thioether (sulfide) groups is 1. The number of benzene rings is 1. The Balaban J connectivity index is 1.87. The van der Waals surface area contributed by atoms with Gasteiger partial charge in [0.1, 0.15) is 5.76 Å². The largest absolute Gasteiger partial charge is 0.467 e. The minimum atomic E-state index is 0.0192. The SMILES string of the molecule is Cc1cc(C)c(SCC(=O)NCc2ccco2)c(C)c1. The van der Waals surface area contributed by atoms with Crippen molar-refractivity contribution in [3.63, 3.8) is 0 Å². The molecule has 1 N–H and O–H groups in total. The summed E-state index contributed by atoms with van der Waals surface area (Å²) in [6, 6.07) is 7.96. The maximum absolute atomic E-state index is 11.8. The van der Waals surface area contributed by atoms with E-state index in [0.717, 1.165) is 5.76 Å². The van der Waals surface area contributed by atoms with Crippen LogP contribution in [-0.2, 0) is 11.3 Å². The zero-order valence-corrected chi connectivity index (χ0v) is 12.8. The van der Waals surface area contributed by atoms with Crippen molar-refractivity contribution in [3.8, 4) is 0 Å². The Kier molecular flexibility index (Phi) is 4.90. The zero-order valence-electron chi connectivity index (χ0n) is 12.0. The van der Waals surface area contributed by atoms with E-state index in [9.17, 15) is 4.79 Å². The Bertz CT molecular complexity index is 568. The summed E-state index contributed by atoms with van der Waals surface area (Å²) in [5, 5.41) is 2.85. The van der Waals surface area contributed by atoms with Gasteiger partial charge in [-0.25, -0.2) is 0 Å². The number of amides is 1. The predicted octanol–water partition coefficient (Wildman–Crippen LogP) is 3.61. The number of furan rings is 1. The molecule has 0 bridgehead atoms. The topological polar surface area (TPSA) is 42.2 Å². The maximum Gasteiger partial charge on any atom is 0.230 e. The number of rotatable bonds is 5. The molecule has 0 saturated heterocycles. The van der Waals surface area contributed by atoms with Gasteiger partial charge < -0.3 is 9.73 Å². The van der Waals surface area contributed by atoms with Crippen LogP contribution >= 0.6 is 11.8 Å². The van der Waals surface area contributed by atoms with Gasteiger partial charge in [-0.15, -0.1) is 11.8 Å². The quantitative estimate of drug-likeness (QED) is 0.855. The molecule has 3 nitrogen and oxygen atoms in total. The van der Waals surface area contributed by atoms with Crippen LogP contribution in [0.1, 0.15) is 22.5 Å². The van der Waals surface area contributed by atoms with Gasteiger partial charge in [-0.2, -0.15) is 0 Å². The van der Waals surface area contributed by atoms with Gasteiger partial charge in [0.2, 0.25) is 5.91 Å². The van der Waals surface area contributed by atoms with Gasteiger partial charge in [-0.05, 0) is 44.0 Å². The minimum absolute atomic E-state index is 0.0192. The van der Waals surface area contributed by atoms with Crippen LogP contribution in [0.2, 0.25) is 0 Å². The molecule has 0 fully saturated rings. The normalized spacial score (nSPS) is 10.6. The molecule has 2 rings (SSSR count). The Hall–Kier alpha value is -1.68. The fourth-order valence-corrected chi connectivity index (χ4v) is 3.13. The maximum atomic E-state index is 11.8. The van der Waals surface area contributed by atoms with Crippen LogP contribution in [0.5, 0.6) is 0 Å². The number of hydrogen-bond donors (Lipinski definition) is 1. The van der Waals surface area contributed by atoms with Crippen molar-refractivity contribution >= 4 is 17.7 Å². The second-order valence-corrected chi connectivity index (χ2v) is 5.86. The summed E-state index contributed by atoms with van der Waals surface area (Å²) in [5.41, 5.74) is 3.71. The molecule has 0 atom stereocenters. The molecule has 1 heterocycles. The molecule has 1 amide bonds. The van der Waals surface area contributed by atoms with E-state index < -0.39 is 0 Å². The molecule has 2 aromatic rings. The lowest BCUT2D eigenvalue weighted by Crippen LogP contribution is -2.24. The average molecular weight is 289 g/mol. The highest BCUT2D eigenvalue weighted by Gasteiger charge is 2.08. The van der Waals surface area contributed by atoms with Crippen molar-refractivity contribution in [2.24, 2.45) is 0 Å². The van der Waals surface area contributed by atoms with Crippen LogP contribution in [-0.4, -0.2) is 11.7 Å². The third kappa shape index (κ3) is 3.90. The van der Waals surface area contributed by atoms with E-state index in [0.29, 0.717) is 12.3 Å². The summed E-state index contributed by atoms with van der Waals surface area (Å²) in [7, 11) is 0. The Morgan fingerprint density at radius 1 is 1.25 bits per heavy atom. The van der Waals surface area contributed by atoms with Gasteiger partial charge in [0.25, 0.3) is 0 Å². The number of carbonyl (C=O) groups is 1. The standard InChI is InChI=1S/C16H19NO2S/c1-11-7-12(2)16(13(3)8-11)20-10-15(18)17-9-14-5-4-6-19-14/h4-8H,9-10H2,1-3H3,(H,17,18). The summed E-state index contributed by atoms with van der Waals surface area (Å²) in [5.74, 6) is 1.21. The summed E-state index contributed by atoms with van der Waals surface area (Å²) >= 11 is 1.59. The lowest BCUT2D eigenvalue weighted by molar-refractivity contribution is -0.118. The molecular weight excluding hydrogens is 270 g/mol. The minimum Gasteiger partial charge on any atom is -0.467 e. The van der Waals surface area contributed by atoms with Crippen LogP contribution in [0.4, 0.5) is 0 Å². The first-order valence-electron chi connectivity index (χ1n) is 6.56. The van der Waals surface area contributed by atoms with Crippen LogP contribution in [0.3, 0.4) is 0 Å². The summed E-state index contributed by atoms with van der Waals surface area (Å²) in [6.07, 6.45) is 1.61. The Morgan fingerprint density at radius 2 is 1.95 bits per heavy atom. The number of carbonyl (C=O) groups excluding carboxylic acids is 1. The van der Waals surface area contributed by atoms with Crippen LogP contribution in [0.15, 0.2) is 39.8 Å². The fraction of sp³-hybridized carbons (Fsp3) is 0.312. The van der Waals surface area contributed by atoms with E-state index in [-0.39, 0.29) is 5.91 Å². The van der Waals surface area contributed by atoms with Crippen molar-refractivity contribution in [2.45, 2.75) is 32.2 Å². The molecule has 20 heavy (non-hydrogen) atoms. The second kappa shape index (κ2) is 6.66. The molecule has 1 aromatic heterocycles. The average Bonchev–Trinajstić information content (AvgIpc) is 2.88. The van der Waals surface area contributed by atoms with Crippen molar-refractivity contribution in [1.29, 1.82) is 0 Å². The fourth-order valence-electron chi connectivity index (χ4n) is 2.18. The molecule has 0 aliphatic heterocycles. The zero-order chi connectivity index (χ0) is 14.5. The smallest absolute Gasteiger partial charge is 0.230 e. The first kappa shape index (κ1) is 14.7. The molecule has 0 radical (unpaired) electrons. The number of hydrogen-bond acceptors (Lipinski definition) is 3. The highest BCUT2D eigenvalue weighted by atomic mass is 32.2. The van der Waals surface area contributed by atoms with E-state index in [2.05, 4.69) is 38.2 Å². The van der Waals surface area contributed by atoms with Crippen molar-refractivity contribution < 1.29 is 9.21 Å². The van der Waals surface area contributed by atoms with Crippen molar-refractivity contribution in [3.05, 3.63) is 53.0 Å². The van der Waals surface area contributed by atoms with E-state index >= 15 is 0 Å². The number of aryl methyl sites for hydroxylation is 3. The lowest BCUT2D eigenvalue weighted by atomic mass is 10.1. The molecule has 0 unspecified atom stereocenters.